The fourth-order valence-corrected chi connectivity index (χ4v) is 2.50. The fraction of sp³-hybridized carbons (Fsp3) is 0.111. The first-order chi connectivity index (χ1) is 10.2. The van der Waals surface area contributed by atoms with E-state index < -0.39 is 0 Å². The Balaban J connectivity index is 2.26. The number of rotatable bonds is 2. The number of para-hydroxylation sites is 1. The average Bonchev–Trinajstić information content (AvgIpc) is 2.54. The molecule has 0 spiro atoms. The molecule has 2 N–H and O–H groups in total. The fourth-order valence-electron chi connectivity index (χ4n) is 2.50. The van der Waals surface area contributed by atoms with E-state index in [1.807, 2.05) is 48.5 Å². The van der Waals surface area contributed by atoms with E-state index in [1.165, 1.54) is 0 Å². The first-order valence-electron chi connectivity index (χ1n) is 6.91. The van der Waals surface area contributed by atoms with Crippen molar-refractivity contribution in [1.82, 2.24) is 4.98 Å². The molecule has 0 saturated carbocycles. The van der Waals surface area contributed by atoms with Gasteiger partial charge in [0.2, 0.25) is 0 Å². The molecule has 3 heteroatoms. The van der Waals surface area contributed by atoms with E-state index in [-0.39, 0.29) is 0 Å². The number of fused-ring (bicyclic) bond motifs is 1. The molecule has 0 radical (unpaired) electrons. The van der Waals surface area contributed by atoms with Crippen LogP contribution in [0.5, 0.6) is 0 Å². The maximum atomic E-state index is 9.38. The Bertz CT molecular complexity index is 860. The second-order valence-electron chi connectivity index (χ2n) is 4.96. The maximum Gasteiger partial charge on any atom is 0.149 e. The highest BCUT2D eigenvalue weighted by molar-refractivity contribution is 5.86. The van der Waals surface area contributed by atoms with Crippen molar-refractivity contribution in [2.24, 2.45) is 0 Å². The van der Waals surface area contributed by atoms with Gasteiger partial charge in [0.1, 0.15) is 11.8 Å². The van der Waals surface area contributed by atoms with Crippen molar-refractivity contribution < 1.29 is 0 Å². The van der Waals surface area contributed by atoms with Gasteiger partial charge in [0.25, 0.3) is 0 Å². The van der Waals surface area contributed by atoms with Crippen molar-refractivity contribution in [3.63, 3.8) is 0 Å². The highest BCUT2D eigenvalue weighted by atomic mass is 14.7. The Morgan fingerprint density at radius 3 is 2.71 bits per heavy atom. The van der Waals surface area contributed by atoms with Gasteiger partial charge in [0, 0.05) is 16.6 Å². The van der Waals surface area contributed by atoms with Crippen LogP contribution in [0.3, 0.4) is 0 Å². The van der Waals surface area contributed by atoms with E-state index in [0.29, 0.717) is 5.69 Å². The second kappa shape index (κ2) is 5.26. The molecule has 3 rings (SSSR count). The number of nitriles is 1. The average molecular weight is 273 g/mol. The van der Waals surface area contributed by atoms with Gasteiger partial charge in [-0.3, -0.25) is 0 Å². The van der Waals surface area contributed by atoms with Crippen LogP contribution >= 0.6 is 0 Å². The molecule has 0 atom stereocenters. The van der Waals surface area contributed by atoms with Gasteiger partial charge in [-0.25, -0.2) is 4.98 Å². The zero-order chi connectivity index (χ0) is 14.8. The topological polar surface area (TPSA) is 62.7 Å². The number of pyridine rings is 1. The zero-order valence-corrected chi connectivity index (χ0v) is 11.8. The van der Waals surface area contributed by atoms with Crippen LogP contribution in [0, 0.1) is 11.3 Å². The SMILES string of the molecule is CCc1cc(-c2cc3ccccc3nc2C#N)ccc1N. The van der Waals surface area contributed by atoms with Gasteiger partial charge >= 0.3 is 0 Å². The molecule has 0 aliphatic rings. The first kappa shape index (κ1) is 13.1. The monoisotopic (exact) mass is 273 g/mol. The third kappa shape index (κ3) is 2.32. The number of benzene rings is 2. The van der Waals surface area contributed by atoms with Crippen LogP contribution < -0.4 is 5.73 Å². The second-order valence-corrected chi connectivity index (χ2v) is 4.96. The molecule has 0 aliphatic heterocycles. The first-order valence-corrected chi connectivity index (χ1v) is 6.91. The summed E-state index contributed by atoms with van der Waals surface area (Å²) in [5.74, 6) is 0. The van der Waals surface area contributed by atoms with Gasteiger partial charge in [-0.2, -0.15) is 5.26 Å². The van der Waals surface area contributed by atoms with Gasteiger partial charge < -0.3 is 5.73 Å². The summed E-state index contributed by atoms with van der Waals surface area (Å²) in [6.45, 7) is 2.07. The van der Waals surface area contributed by atoms with Crippen molar-refractivity contribution in [3.05, 3.63) is 59.8 Å². The molecule has 0 saturated heterocycles. The minimum absolute atomic E-state index is 0.445. The molecular formula is C18H15N3. The number of nitrogen functional groups attached to an aromatic ring is 1. The lowest BCUT2D eigenvalue weighted by Gasteiger charge is -2.09. The van der Waals surface area contributed by atoms with Crippen LogP contribution in [-0.2, 0) is 6.42 Å². The van der Waals surface area contributed by atoms with Gasteiger partial charge in [-0.05, 0) is 41.8 Å². The van der Waals surface area contributed by atoms with Crippen LogP contribution in [0.15, 0.2) is 48.5 Å². The Kier molecular flexibility index (Phi) is 3.29. The van der Waals surface area contributed by atoms with E-state index in [0.717, 1.165) is 39.7 Å². The van der Waals surface area contributed by atoms with Gasteiger partial charge in [0.05, 0.1) is 5.52 Å². The molecular weight excluding hydrogens is 258 g/mol. The Labute approximate surface area is 123 Å². The summed E-state index contributed by atoms with van der Waals surface area (Å²) in [6.07, 6.45) is 0.864. The molecule has 0 amide bonds. The van der Waals surface area contributed by atoms with Crippen molar-refractivity contribution >= 4 is 16.6 Å². The highest BCUT2D eigenvalue weighted by Gasteiger charge is 2.10. The summed E-state index contributed by atoms with van der Waals surface area (Å²) in [4.78, 5) is 4.46. The zero-order valence-electron chi connectivity index (χ0n) is 11.8. The molecule has 3 nitrogen and oxygen atoms in total. The molecule has 21 heavy (non-hydrogen) atoms. The molecule has 102 valence electrons. The predicted molar refractivity (Wildman–Crippen MR) is 85.7 cm³/mol. The van der Waals surface area contributed by atoms with E-state index in [2.05, 4.69) is 18.0 Å². The van der Waals surface area contributed by atoms with Crippen LogP contribution in [0.25, 0.3) is 22.0 Å². The molecule has 0 unspecified atom stereocenters. The van der Waals surface area contributed by atoms with Crippen LogP contribution in [0.1, 0.15) is 18.2 Å². The molecule has 0 fully saturated rings. The Morgan fingerprint density at radius 2 is 1.95 bits per heavy atom. The lowest BCUT2D eigenvalue weighted by atomic mass is 9.98. The summed E-state index contributed by atoms with van der Waals surface area (Å²) in [7, 11) is 0. The number of nitrogens with zero attached hydrogens (tertiary/aromatic N) is 2. The summed E-state index contributed by atoms with van der Waals surface area (Å²) in [5, 5.41) is 10.4. The quantitative estimate of drug-likeness (QED) is 0.720. The minimum atomic E-state index is 0.445. The molecule has 3 aromatic rings. The number of hydrogen-bond donors (Lipinski definition) is 1. The number of hydrogen-bond acceptors (Lipinski definition) is 3. The van der Waals surface area contributed by atoms with Crippen molar-refractivity contribution in [3.8, 4) is 17.2 Å². The molecule has 1 heterocycles. The minimum Gasteiger partial charge on any atom is -0.399 e. The summed E-state index contributed by atoms with van der Waals surface area (Å²) in [6, 6.07) is 17.9. The van der Waals surface area contributed by atoms with Gasteiger partial charge in [-0.15, -0.1) is 0 Å². The van der Waals surface area contributed by atoms with Crippen LogP contribution in [-0.4, -0.2) is 4.98 Å². The maximum absolute atomic E-state index is 9.38. The van der Waals surface area contributed by atoms with Crippen LogP contribution in [0.2, 0.25) is 0 Å². The van der Waals surface area contributed by atoms with Crippen molar-refractivity contribution in [2.75, 3.05) is 5.73 Å². The van der Waals surface area contributed by atoms with Crippen LogP contribution in [0.4, 0.5) is 5.69 Å². The lowest BCUT2D eigenvalue weighted by molar-refractivity contribution is 1.14. The number of aromatic nitrogens is 1. The van der Waals surface area contributed by atoms with E-state index in [1.54, 1.807) is 0 Å². The van der Waals surface area contributed by atoms with Crippen molar-refractivity contribution in [2.45, 2.75) is 13.3 Å². The molecule has 0 bridgehead atoms. The number of nitrogens with two attached hydrogens (primary N) is 1. The third-order valence-electron chi connectivity index (χ3n) is 3.66. The summed E-state index contributed by atoms with van der Waals surface area (Å²) < 4.78 is 0. The number of anilines is 1. The molecule has 0 aliphatic carbocycles. The molecule has 1 aromatic heterocycles. The predicted octanol–water partition coefficient (Wildman–Crippen LogP) is 3.92. The Hall–Kier alpha value is -2.86. The summed E-state index contributed by atoms with van der Waals surface area (Å²) >= 11 is 0. The summed E-state index contributed by atoms with van der Waals surface area (Å²) in [5.41, 5.74) is 10.9. The number of aryl methyl sites for hydroxylation is 1. The van der Waals surface area contributed by atoms with E-state index in [9.17, 15) is 5.26 Å². The highest BCUT2D eigenvalue weighted by Crippen LogP contribution is 2.28. The Morgan fingerprint density at radius 1 is 1.14 bits per heavy atom. The largest absolute Gasteiger partial charge is 0.399 e. The normalized spacial score (nSPS) is 10.5. The van der Waals surface area contributed by atoms with Crippen molar-refractivity contribution in [1.29, 1.82) is 5.26 Å². The lowest BCUT2D eigenvalue weighted by Crippen LogP contribution is -1.95. The van der Waals surface area contributed by atoms with Gasteiger partial charge in [-0.1, -0.05) is 31.2 Å². The standard InChI is InChI=1S/C18H15N3/c1-2-12-9-13(7-8-16(12)20)15-10-14-5-3-4-6-17(14)21-18(15)11-19/h3-10H,2,20H2,1H3. The smallest absolute Gasteiger partial charge is 0.149 e. The molecule has 2 aromatic carbocycles. The van der Waals surface area contributed by atoms with Gasteiger partial charge in [0.15, 0.2) is 0 Å². The third-order valence-corrected chi connectivity index (χ3v) is 3.66. The van der Waals surface area contributed by atoms with E-state index in [4.69, 9.17) is 5.73 Å². The van der Waals surface area contributed by atoms with E-state index >= 15 is 0 Å².